The summed E-state index contributed by atoms with van der Waals surface area (Å²) >= 11 is 3.30. The number of aromatic nitrogens is 1. The molecule has 2 rings (SSSR count). The molecule has 0 spiro atoms. The minimum Gasteiger partial charge on any atom is -0.382 e. The first-order chi connectivity index (χ1) is 8.71. The highest BCUT2D eigenvalue weighted by Gasteiger charge is 2.38. The lowest BCUT2D eigenvalue weighted by molar-refractivity contribution is -0.117. The predicted octanol–water partition coefficient (Wildman–Crippen LogP) is 0.129. The molecule has 19 heavy (non-hydrogen) atoms. The van der Waals surface area contributed by atoms with Crippen molar-refractivity contribution >= 4 is 43.4 Å². The van der Waals surface area contributed by atoms with Crippen LogP contribution in [0.15, 0.2) is 10.7 Å². The predicted molar refractivity (Wildman–Crippen MR) is 75.0 cm³/mol. The normalized spacial score (nSPS) is 20.1. The number of nitrogen functional groups attached to an aromatic ring is 1. The van der Waals surface area contributed by atoms with E-state index in [4.69, 9.17) is 10.9 Å². The van der Waals surface area contributed by atoms with E-state index in [2.05, 4.69) is 20.9 Å². The van der Waals surface area contributed by atoms with Crippen molar-refractivity contribution in [2.24, 2.45) is 5.14 Å². The van der Waals surface area contributed by atoms with Gasteiger partial charge in [-0.1, -0.05) is 0 Å². The number of primary sulfonamides is 1. The number of halogens is 1. The van der Waals surface area contributed by atoms with Crippen LogP contribution in [0.3, 0.4) is 0 Å². The second-order valence-corrected chi connectivity index (χ2v) is 7.08. The second-order valence-electron chi connectivity index (χ2n) is 4.38. The minimum absolute atomic E-state index is 0.000833. The van der Waals surface area contributed by atoms with Crippen molar-refractivity contribution in [2.75, 3.05) is 17.2 Å². The van der Waals surface area contributed by atoms with Crippen molar-refractivity contribution < 1.29 is 13.2 Å². The molecule has 1 amide bonds. The Kier molecular flexibility index (Phi) is 3.54. The van der Waals surface area contributed by atoms with Crippen LogP contribution < -0.4 is 15.8 Å². The van der Waals surface area contributed by atoms with Gasteiger partial charge in [0, 0.05) is 23.6 Å². The summed E-state index contributed by atoms with van der Waals surface area (Å²) in [6, 6.07) is 0. The van der Waals surface area contributed by atoms with Crippen molar-refractivity contribution in [1.82, 2.24) is 4.98 Å². The molecule has 0 aromatic carbocycles. The fraction of sp³-hybridized carbons (Fsp3) is 0.400. The lowest BCUT2D eigenvalue weighted by atomic mass is 10.2. The van der Waals surface area contributed by atoms with Crippen LogP contribution >= 0.6 is 15.9 Å². The monoisotopic (exact) mass is 348 g/mol. The van der Waals surface area contributed by atoms with Crippen molar-refractivity contribution in [3.63, 3.8) is 0 Å². The van der Waals surface area contributed by atoms with Crippen LogP contribution in [0, 0.1) is 6.92 Å². The zero-order valence-electron chi connectivity index (χ0n) is 10.1. The summed E-state index contributed by atoms with van der Waals surface area (Å²) in [5, 5.41) is 4.18. The number of hydrogen-bond donors (Lipinski definition) is 2. The molecule has 1 aromatic rings. The highest BCUT2D eigenvalue weighted by molar-refractivity contribution is 9.10. The number of nitrogens with two attached hydrogens (primary N) is 2. The molecule has 0 radical (unpaired) electrons. The van der Waals surface area contributed by atoms with E-state index >= 15 is 0 Å². The van der Waals surface area contributed by atoms with Gasteiger partial charge in [-0.05, 0) is 28.4 Å². The van der Waals surface area contributed by atoms with Crippen LogP contribution in [-0.4, -0.2) is 31.1 Å². The van der Waals surface area contributed by atoms with Crippen LogP contribution in [0.2, 0.25) is 0 Å². The molecule has 1 aromatic heterocycles. The van der Waals surface area contributed by atoms with Crippen LogP contribution in [0.1, 0.15) is 12.0 Å². The average molecular weight is 349 g/mol. The molecule has 0 saturated carbocycles. The Morgan fingerprint density at radius 3 is 2.68 bits per heavy atom. The van der Waals surface area contributed by atoms with E-state index in [0.29, 0.717) is 10.2 Å². The molecule has 9 heteroatoms. The summed E-state index contributed by atoms with van der Waals surface area (Å²) in [5.74, 6) is -0.141. The third kappa shape index (κ3) is 2.58. The van der Waals surface area contributed by atoms with E-state index < -0.39 is 15.3 Å². The molecule has 4 N–H and O–H groups in total. The summed E-state index contributed by atoms with van der Waals surface area (Å²) in [6.45, 7) is 1.77. The van der Waals surface area contributed by atoms with Crippen molar-refractivity contribution in [3.05, 3.63) is 16.2 Å². The highest BCUT2D eigenvalue weighted by Crippen LogP contribution is 2.34. The minimum atomic E-state index is -3.75. The van der Waals surface area contributed by atoms with Gasteiger partial charge in [-0.3, -0.25) is 4.79 Å². The summed E-state index contributed by atoms with van der Waals surface area (Å²) in [7, 11) is -3.75. The molecule has 1 saturated heterocycles. The first-order valence-corrected chi connectivity index (χ1v) is 7.84. The zero-order valence-corrected chi connectivity index (χ0v) is 12.5. The number of hydrogen-bond acceptors (Lipinski definition) is 5. The fourth-order valence-corrected chi connectivity index (χ4v) is 3.06. The van der Waals surface area contributed by atoms with Gasteiger partial charge in [0.15, 0.2) is 0 Å². The highest BCUT2D eigenvalue weighted by atomic mass is 79.9. The maximum absolute atomic E-state index is 12.0. The Morgan fingerprint density at radius 2 is 2.16 bits per heavy atom. The van der Waals surface area contributed by atoms with Crippen LogP contribution in [-0.2, 0) is 14.8 Å². The lowest BCUT2D eigenvalue weighted by Crippen LogP contribution is -2.32. The maximum Gasteiger partial charge on any atom is 0.228 e. The van der Waals surface area contributed by atoms with Crippen LogP contribution in [0.5, 0.6) is 0 Å². The van der Waals surface area contributed by atoms with Gasteiger partial charge >= 0.3 is 0 Å². The van der Waals surface area contributed by atoms with Crippen LogP contribution in [0.4, 0.5) is 11.5 Å². The number of carbonyl (C=O) groups excluding carboxylic acids is 1. The van der Waals surface area contributed by atoms with Gasteiger partial charge in [0.25, 0.3) is 0 Å². The molecule has 104 valence electrons. The molecule has 0 bridgehead atoms. The summed E-state index contributed by atoms with van der Waals surface area (Å²) in [4.78, 5) is 17.2. The molecule has 0 aliphatic carbocycles. The third-order valence-corrected chi connectivity index (χ3v) is 5.14. The van der Waals surface area contributed by atoms with Gasteiger partial charge in [-0.15, -0.1) is 0 Å². The SMILES string of the molecule is Cc1c(Br)cnc(N)c1N1CC(S(N)(=O)=O)CC1=O. The Balaban J connectivity index is 2.45. The van der Waals surface area contributed by atoms with E-state index in [-0.39, 0.29) is 24.7 Å². The third-order valence-electron chi connectivity index (χ3n) is 3.10. The molecule has 1 atom stereocenters. The van der Waals surface area contributed by atoms with Gasteiger partial charge < -0.3 is 10.6 Å². The Bertz CT molecular complexity index is 646. The number of amides is 1. The molecule has 7 nitrogen and oxygen atoms in total. The lowest BCUT2D eigenvalue weighted by Gasteiger charge is -2.20. The topological polar surface area (TPSA) is 119 Å². The standard InChI is InChI=1S/C10H13BrN4O3S/c1-5-7(11)3-14-10(12)9(5)15-4-6(2-8(15)16)19(13,17)18/h3,6H,2,4H2,1H3,(H2,12,14)(H2,13,17,18). The van der Waals surface area contributed by atoms with Crippen LogP contribution in [0.25, 0.3) is 0 Å². The van der Waals surface area contributed by atoms with Gasteiger partial charge in [0.2, 0.25) is 15.9 Å². The number of rotatable bonds is 2. The Labute approximate surface area is 119 Å². The number of carbonyl (C=O) groups is 1. The van der Waals surface area contributed by atoms with E-state index in [1.54, 1.807) is 6.92 Å². The van der Waals surface area contributed by atoms with Gasteiger partial charge in [0.1, 0.15) is 11.1 Å². The fourth-order valence-electron chi connectivity index (χ4n) is 2.04. The first kappa shape index (κ1) is 14.2. The van der Waals surface area contributed by atoms with Gasteiger partial charge in [0.05, 0.1) is 5.69 Å². The smallest absolute Gasteiger partial charge is 0.228 e. The van der Waals surface area contributed by atoms with Crippen molar-refractivity contribution in [2.45, 2.75) is 18.6 Å². The molecule has 1 unspecified atom stereocenters. The van der Waals surface area contributed by atoms with Crippen molar-refractivity contribution in [1.29, 1.82) is 0 Å². The summed E-state index contributed by atoms with van der Waals surface area (Å²) in [6.07, 6.45) is 1.40. The number of sulfonamides is 1. The Morgan fingerprint density at radius 1 is 1.53 bits per heavy atom. The van der Waals surface area contributed by atoms with E-state index in [1.807, 2.05) is 0 Å². The van der Waals surface area contributed by atoms with Gasteiger partial charge in [-0.25, -0.2) is 18.5 Å². The van der Waals surface area contributed by atoms with Crippen molar-refractivity contribution in [3.8, 4) is 0 Å². The summed E-state index contributed by atoms with van der Waals surface area (Å²) < 4.78 is 23.4. The number of anilines is 2. The van der Waals surface area contributed by atoms with E-state index in [1.165, 1.54) is 11.1 Å². The zero-order chi connectivity index (χ0) is 14.4. The second kappa shape index (κ2) is 4.73. The van der Waals surface area contributed by atoms with E-state index in [9.17, 15) is 13.2 Å². The molecular formula is C10H13BrN4O3S. The molecule has 2 heterocycles. The number of nitrogens with zero attached hydrogens (tertiary/aromatic N) is 2. The molecular weight excluding hydrogens is 336 g/mol. The maximum atomic E-state index is 12.0. The Hall–Kier alpha value is -1.19. The largest absolute Gasteiger partial charge is 0.382 e. The summed E-state index contributed by atoms with van der Waals surface area (Å²) in [5.41, 5.74) is 6.95. The average Bonchev–Trinajstić information content (AvgIpc) is 2.67. The van der Waals surface area contributed by atoms with Gasteiger partial charge in [-0.2, -0.15) is 0 Å². The number of pyridine rings is 1. The molecule has 1 fully saturated rings. The van der Waals surface area contributed by atoms with E-state index in [0.717, 1.165) is 5.56 Å². The quantitative estimate of drug-likeness (QED) is 0.786. The molecule has 1 aliphatic heterocycles. The molecule has 1 aliphatic rings. The first-order valence-electron chi connectivity index (χ1n) is 5.44.